The van der Waals surface area contributed by atoms with Crippen LogP contribution in [0, 0.1) is 5.92 Å². The molecule has 0 saturated carbocycles. The molecule has 0 aliphatic carbocycles. The predicted octanol–water partition coefficient (Wildman–Crippen LogP) is 1.68. The summed E-state index contributed by atoms with van der Waals surface area (Å²) in [6.45, 7) is 2.86. The van der Waals surface area contributed by atoms with E-state index in [1.165, 1.54) is 10.5 Å². The largest absolute Gasteiger partial charge is 0.480 e. The fraction of sp³-hybridized carbons (Fsp3) is 0.500. The van der Waals surface area contributed by atoms with Crippen LogP contribution >= 0.6 is 0 Å². The second-order valence-electron chi connectivity index (χ2n) is 6.45. The molecule has 0 spiro atoms. The van der Waals surface area contributed by atoms with E-state index in [4.69, 9.17) is 0 Å². The Kier molecular flexibility index (Phi) is 4.55. The summed E-state index contributed by atoms with van der Waals surface area (Å²) in [5, 5.41) is 9.24. The lowest BCUT2D eigenvalue weighted by Crippen LogP contribution is -2.44. The first kappa shape index (κ1) is 16.5. The van der Waals surface area contributed by atoms with E-state index in [9.17, 15) is 19.5 Å². The van der Waals surface area contributed by atoms with Crippen LogP contribution in [-0.4, -0.2) is 46.9 Å². The molecule has 128 valence electrons. The Morgan fingerprint density at radius 3 is 2.58 bits per heavy atom. The summed E-state index contributed by atoms with van der Waals surface area (Å²) in [5.41, 5.74) is 1.99. The molecule has 6 nitrogen and oxygen atoms in total. The van der Waals surface area contributed by atoms with Crippen molar-refractivity contribution in [3.63, 3.8) is 0 Å². The molecule has 1 aromatic carbocycles. The molecule has 0 aromatic heterocycles. The number of anilines is 1. The average molecular weight is 330 g/mol. The molecule has 2 heterocycles. The van der Waals surface area contributed by atoms with Gasteiger partial charge in [0.1, 0.15) is 6.04 Å². The van der Waals surface area contributed by atoms with Gasteiger partial charge in [-0.15, -0.1) is 0 Å². The Balaban J connectivity index is 1.71. The van der Waals surface area contributed by atoms with Gasteiger partial charge in [0, 0.05) is 25.2 Å². The summed E-state index contributed by atoms with van der Waals surface area (Å²) in [5.74, 6) is -1.70. The lowest BCUT2D eigenvalue weighted by Gasteiger charge is -2.24. The normalized spacial score (nSPS) is 23.8. The highest BCUT2D eigenvalue weighted by atomic mass is 16.4. The highest BCUT2D eigenvalue weighted by Gasteiger charge is 2.42. The molecule has 2 fully saturated rings. The first-order valence-corrected chi connectivity index (χ1v) is 8.44. The molecule has 2 saturated heterocycles. The summed E-state index contributed by atoms with van der Waals surface area (Å²) < 4.78 is 0. The van der Waals surface area contributed by atoms with Crippen molar-refractivity contribution < 1.29 is 19.5 Å². The molecule has 1 aromatic rings. The van der Waals surface area contributed by atoms with Gasteiger partial charge >= 0.3 is 5.97 Å². The van der Waals surface area contributed by atoms with E-state index < -0.39 is 17.9 Å². The zero-order valence-electron chi connectivity index (χ0n) is 13.8. The highest BCUT2D eigenvalue weighted by molar-refractivity contribution is 6.00. The van der Waals surface area contributed by atoms with Gasteiger partial charge in [-0.1, -0.05) is 19.1 Å². The summed E-state index contributed by atoms with van der Waals surface area (Å²) in [6.07, 6.45) is 2.27. The number of benzene rings is 1. The van der Waals surface area contributed by atoms with Crippen molar-refractivity contribution in [3.8, 4) is 0 Å². The lowest BCUT2D eigenvalue weighted by molar-refractivity contribution is -0.149. The monoisotopic (exact) mass is 330 g/mol. The van der Waals surface area contributed by atoms with E-state index in [0.29, 0.717) is 25.9 Å². The van der Waals surface area contributed by atoms with Crippen LogP contribution in [0.2, 0.25) is 0 Å². The molecule has 2 unspecified atom stereocenters. The molecule has 6 heteroatoms. The number of aliphatic carboxylic acids is 1. The number of likely N-dealkylation sites (tertiary alicyclic amines) is 1. The van der Waals surface area contributed by atoms with Crippen molar-refractivity contribution in [1.82, 2.24) is 4.90 Å². The van der Waals surface area contributed by atoms with Gasteiger partial charge in [-0.25, -0.2) is 4.79 Å². The van der Waals surface area contributed by atoms with E-state index in [0.717, 1.165) is 12.1 Å². The molecule has 24 heavy (non-hydrogen) atoms. The van der Waals surface area contributed by atoms with Crippen molar-refractivity contribution in [3.05, 3.63) is 29.8 Å². The van der Waals surface area contributed by atoms with Gasteiger partial charge in [-0.05, 0) is 37.0 Å². The Morgan fingerprint density at radius 2 is 1.96 bits per heavy atom. The summed E-state index contributed by atoms with van der Waals surface area (Å²) in [4.78, 5) is 39.3. The van der Waals surface area contributed by atoms with Crippen LogP contribution < -0.4 is 4.90 Å². The number of carboxylic acid groups (broad SMARTS) is 1. The second-order valence-corrected chi connectivity index (χ2v) is 6.45. The van der Waals surface area contributed by atoms with Crippen LogP contribution in [0.3, 0.4) is 0 Å². The van der Waals surface area contributed by atoms with Crippen molar-refractivity contribution in [1.29, 1.82) is 0 Å². The number of carbonyl (C=O) groups is 3. The molecule has 2 aliphatic heterocycles. The molecule has 0 radical (unpaired) electrons. The minimum absolute atomic E-state index is 0.0799. The number of aryl methyl sites for hydroxylation is 1. The van der Waals surface area contributed by atoms with Gasteiger partial charge in [0.2, 0.25) is 11.8 Å². The van der Waals surface area contributed by atoms with Gasteiger partial charge in [0.05, 0.1) is 5.92 Å². The van der Waals surface area contributed by atoms with E-state index in [1.807, 2.05) is 24.3 Å². The quantitative estimate of drug-likeness (QED) is 0.911. The standard InChI is InChI=1S/C18H22N2O4/c1-2-12-5-7-14(8-6-12)20-11-13(10-16(20)21)17(22)19-9-3-4-15(19)18(23)24/h5-8,13,15H,2-4,9-11H2,1H3,(H,23,24). The minimum atomic E-state index is -0.961. The second kappa shape index (κ2) is 6.63. The van der Waals surface area contributed by atoms with Gasteiger partial charge in [0.25, 0.3) is 0 Å². The fourth-order valence-corrected chi connectivity index (χ4v) is 3.56. The molecule has 2 atom stereocenters. The maximum Gasteiger partial charge on any atom is 0.326 e. The van der Waals surface area contributed by atoms with Crippen LogP contribution in [-0.2, 0) is 20.8 Å². The Bertz CT molecular complexity index is 655. The summed E-state index contributed by atoms with van der Waals surface area (Å²) >= 11 is 0. The number of hydrogen-bond acceptors (Lipinski definition) is 3. The highest BCUT2D eigenvalue weighted by Crippen LogP contribution is 2.29. The lowest BCUT2D eigenvalue weighted by atomic mass is 10.1. The van der Waals surface area contributed by atoms with Crippen molar-refractivity contribution in [2.24, 2.45) is 5.92 Å². The van der Waals surface area contributed by atoms with Gasteiger partial charge in [-0.2, -0.15) is 0 Å². The van der Waals surface area contributed by atoms with E-state index in [-0.39, 0.29) is 18.2 Å². The zero-order valence-corrected chi connectivity index (χ0v) is 13.8. The molecular formula is C18H22N2O4. The van der Waals surface area contributed by atoms with E-state index in [2.05, 4.69) is 6.92 Å². The first-order valence-electron chi connectivity index (χ1n) is 8.44. The number of hydrogen-bond donors (Lipinski definition) is 1. The van der Waals surface area contributed by atoms with Crippen LogP contribution in [0.5, 0.6) is 0 Å². The number of nitrogens with zero attached hydrogens (tertiary/aromatic N) is 2. The van der Waals surface area contributed by atoms with Crippen LogP contribution in [0.1, 0.15) is 31.7 Å². The number of rotatable bonds is 4. The Morgan fingerprint density at radius 1 is 1.25 bits per heavy atom. The Labute approximate surface area is 141 Å². The van der Waals surface area contributed by atoms with Crippen LogP contribution in [0.4, 0.5) is 5.69 Å². The maximum absolute atomic E-state index is 12.7. The van der Waals surface area contributed by atoms with Gasteiger partial charge in [0.15, 0.2) is 0 Å². The number of carboxylic acids is 1. The third-order valence-electron chi connectivity index (χ3n) is 4.95. The third kappa shape index (κ3) is 3.00. The average Bonchev–Trinajstić information content (AvgIpc) is 3.21. The topological polar surface area (TPSA) is 77.9 Å². The van der Waals surface area contributed by atoms with Crippen molar-refractivity contribution in [2.45, 2.75) is 38.6 Å². The first-order chi connectivity index (χ1) is 11.5. The van der Waals surface area contributed by atoms with Crippen molar-refractivity contribution >= 4 is 23.5 Å². The molecule has 1 N–H and O–H groups in total. The van der Waals surface area contributed by atoms with Crippen LogP contribution in [0.25, 0.3) is 0 Å². The maximum atomic E-state index is 12.7. The molecule has 0 bridgehead atoms. The van der Waals surface area contributed by atoms with E-state index >= 15 is 0 Å². The summed E-state index contributed by atoms with van der Waals surface area (Å²) in [7, 11) is 0. The predicted molar refractivity (Wildman–Crippen MR) is 88.7 cm³/mol. The van der Waals surface area contributed by atoms with Crippen LogP contribution in [0.15, 0.2) is 24.3 Å². The molecule has 3 rings (SSSR count). The molecule has 2 aliphatic rings. The summed E-state index contributed by atoms with van der Waals surface area (Å²) in [6, 6.07) is 7.03. The smallest absolute Gasteiger partial charge is 0.326 e. The molecular weight excluding hydrogens is 308 g/mol. The number of amides is 2. The third-order valence-corrected chi connectivity index (χ3v) is 4.95. The fourth-order valence-electron chi connectivity index (χ4n) is 3.56. The van der Waals surface area contributed by atoms with Crippen molar-refractivity contribution in [2.75, 3.05) is 18.0 Å². The van der Waals surface area contributed by atoms with E-state index in [1.54, 1.807) is 4.90 Å². The van der Waals surface area contributed by atoms with Gasteiger partial charge in [-0.3, -0.25) is 9.59 Å². The minimum Gasteiger partial charge on any atom is -0.480 e. The Hall–Kier alpha value is -2.37. The number of carbonyl (C=O) groups excluding carboxylic acids is 2. The molecule has 2 amide bonds. The SMILES string of the molecule is CCc1ccc(N2CC(C(=O)N3CCCC3C(=O)O)CC2=O)cc1. The van der Waals surface area contributed by atoms with Gasteiger partial charge < -0.3 is 14.9 Å². The zero-order chi connectivity index (χ0) is 17.3.